The van der Waals surface area contributed by atoms with Crippen molar-refractivity contribution >= 4 is 31.7 Å². The molecule has 94 valence electrons. The molecule has 6 heteroatoms. The highest BCUT2D eigenvalue weighted by atomic mass is 32.2. The van der Waals surface area contributed by atoms with Crippen LogP contribution in [0.25, 0.3) is 0 Å². The summed E-state index contributed by atoms with van der Waals surface area (Å²) < 4.78 is 0. The summed E-state index contributed by atoms with van der Waals surface area (Å²) in [5.74, 6) is 0.101. The number of Topliss-reactive ketones (excluding diaryl/α,β-unsaturated/α-hetero) is 2. The van der Waals surface area contributed by atoms with Crippen molar-refractivity contribution in [2.45, 2.75) is 11.8 Å². The van der Waals surface area contributed by atoms with Gasteiger partial charge in [-0.1, -0.05) is 18.2 Å². The number of benzene rings is 1. The Morgan fingerprint density at radius 1 is 1.29 bits per heavy atom. The van der Waals surface area contributed by atoms with E-state index in [9.17, 15) is 9.59 Å². The van der Waals surface area contributed by atoms with Crippen LogP contribution in [0.15, 0.2) is 29.2 Å². The summed E-state index contributed by atoms with van der Waals surface area (Å²) in [5.41, 5.74) is 0.698. The van der Waals surface area contributed by atoms with Crippen LogP contribution in [0.1, 0.15) is 17.3 Å². The first kappa shape index (κ1) is 18.2. The first-order valence-electron chi connectivity index (χ1n) is 4.46. The molecule has 0 radical (unpaired) electrons. The summed E-state index contributed by atoms with van der Waals surface area (Å²) in [4.78, 5) is 24.0. The molecule has 0 spiro atoms. The molecule has 1 aliphatic rings. The SMILES string of the molecule is B.CC(=O)C1CSc2ccccc2C1=O.F.F. The fourth-order valence-electron chi connectivity index (χ4n) is 1.53. The molecule has 1 atom stereocenters. The second kappa shape index (κ2) is 7.22. The maximum Gasteiger partial charge on any atom is 0.175 e. The summed E-state index contributed by atoms with van der Waals surface area (Å²) in [5, 5.41) is 0. The minimum Gasteiger partial charge on any atom is -0.299 e. The maximum atomic E-state index is 11.8. The molecule has 1 heterocycles. The molecule has 1 unspecified atom stereocenters. The zero-order valence-corrected chi connectivity index (χ0v) is 9.45. The van der Waals surface area contributed by atoms with Crippen LogP contribution < -0.4 is 0 Å². The molecule has 17 heavy (non-hydrogen) atoms. The van der Waals surface area contributed by atoms with Crippen molar-refractivity contribution in [3.05, 3.63) is 29.8 Å². The number of ketones is 2. The average Bonchev–Trinajstić information content (AvgIpc) is 2.18. The number of fused-ring (bicyclic) bond motifs is 1. The molecule has 1 aromatic carbocycles. The van der Waals surface area contributed by atoms with Gasteiger partial charge in [-0.15, -0.1) is 11.8 Å². The summed E-state index contributed by atoms with van der Waals surface area (Å²) in [7, 11) is 0. The van der Waals surface area contributed by atoms with Gasteiger partial charge in [-0.3, -0.25) is 19.0 Å². The Hall–Kier alpha value is -1.17. The van der Waals surface area contributed by atoms with Crippen LogP contribution in [-0.4, -0.2) is 25.7 Å². The van der Waals surface area contributed by atoms with E-state index >= 15 is 0 Å². The van der Waals surface area contributed by atoms with Gasteiger partial charge >= 0.3 is 0 Å². The molecule has 2 nitrogen and oxygen atoms in total. The molecule has 0 bridgehead atoms. The van der Waals surface area contributed by atoms with E-state index < -0.39 is 5.92 Å². The van der Waals surface area contributed by atoms with E-state index in [4.69, 9.17) is 0 Å². The molecular formula is C11H15BF2O2S. The first-order chi connectivity index (χ1) is 6.70. The van der Waals surface area contributed by atoms with Gasteiger partial charge in [-0.2, -0.15) is 0 Å². The molecule has 0 aromatic heterocycles. The van der Waals surface area contributed by atoms with Crippen molar-refractivity contribution in [1.82, 2.24) is 0 Å². The molecule has 0 fully saturated rings. The van der Waals surface area contributed by atoms with Gasteiger partial charge in [0.15, 0.2) is 5.78 Å². The van der Waals surface area contributed by atoms with Crippen LogP contribution in [-0.2, 0) is 4.79 Å². The largest absolute Gasteiger partial charge is 0.299 e. The summed E-state index contributed by atoms with van der Waals surface area (Å²) >= 11 is 1.59. The zero-order valence-electron chi connectivity index (χ0n) is 8.64. The van der Waals surface area contributed by atoms with E-state index in [1.165, 1.54) is 6.92 Å². The first-order valence-corrected chi connectivity index (χ1v) is 5.45. The van der Waals surface area contributed by atoms with Crippen molar-refractivity contribution in [3.63, 3.8) is 0 Å². The molecule has 1 aromatic rings. The number of carbonyl (C=O) groups is 2. The van der Waals surface area contributed by atoms with Crippen LogP contribution in [0.3, 0.4) is 0 Å². The van der Waals surface area contributed by atoms with Gasteiger partial charge in [-0.25, -0.2) is 0 Å². The number of halogens is 2. The van der Waals surface area contributed by atoms with E-state index in [0.717, 1.165) is 4.90 Å². The lowest BCUT2D eigenvalue weighted by molar-refractivity contribution is -0.118. The van der Waals surface area contributed by atoms with Gasteiger partial charge < -0.3 is 0 Å². The second-order valence-electron chi connectivity index (χ2n) is 3.33. The smallest absolute Gasteiger partial charge is 0.175 e. The average molecular weight is 260 g/mol. The molecule has 0 amide bonds. The van der Waals surface area contributed by atoms with Crippen LogP contribution >= 0.6 is 11.8 Å². The fourth-order valence-corrected chi connectivity index (χ4v) is 2.77. The van der Waals surface area contributed by atoms with Crippen molar-refractivity contribution in [2.75, 3.05) is 5.75 Å². The summed E-state index contributed by atoms with van der Waals surface area (Å²) in [6, 6.07) is 7.46. The van der Waals surface area contributed by atoms with Gasteiger partial charge in [0.1, 0.15) is 5.78 Å². The Morgan fingerprint density at radius 3 is 2.47 bits per heavy atom. The summed E-state index contributed by atoms with van der Waals surface area (Å²) in [6.45, 7) is 1.48. The Morgan fingerprint density at radius 2 is 1.88 bits per heavy atom. The Bertz CT molecular complexity index is 412. The van der Waals surface area contributed by atoms with Gasteiger partial charge in [0.05, 0.1) is 14.3 Å². The molecule has 0 N–H and O–H groups in total. The lowest BCUT2D eigenvalue weighted by atomic mass is 9.95. The third-order valence-corrected chi connectivity index (χ3v) is 3.53. The van der Waals surface area contributed by atoms with E-state index in [1.54, 1.807) is 17.8 Å². The molecule has 0 aliphatic carbocycles. The van der Waals surface area contributed by atoms with Crippen molar-refractivity contribution in [1.29, 1.82) is 0 Å². The number of hydrogen-bond acceptors (Lipinski definition) is 3. The number of hydrogen-bond donors (Lipinski definition) is 0. The Labute approximate surface area is 104 Å². The monoisotopic (exact) mass is 260 g/mol. The molecule has 0 saturated carbocycles. The normalized spacial score (nSPS) is 16.8. The predicted molar refractivity (Wildman–Crippen MR) is 70.6 cm³/mol. The Kier molecular flexibility index (Phi) is 7.73. The standard InChI is InChI=1S/C11H10O2S.BH3.2FH/c1-7(12)9-6-14-10-5-3-2-4-8(10)11(9)13;;;/h2-5,9H,6H2,1H3;1H3;2*1H. The zero-order chi connectivity index (χ0) is 10.1. The lowest BCUT2D eigenvalue weighted by Gasteiger charge is -2.20. The van der Waals surface area contributed by atoms with Crippen LogP contribution in [0.2, 0.25) is 0 Å². The fraction of sp³-hybridized carbons (Fsp3) is 0.273. The van der Waals surface area contributed by atoms with Gasteiger partial charge in [0.2, 0.25) is 0 Å². The van der Waals surface area contributed by atoms with Crippen molar-refractivity contribution in [3.8, 4) is 0 Å². The van der Waals surface area contributed by atoms with Gasteiger partial charge in [-0.05, 0) is 13.0 Å². The highest BCUT2D eigenvalue weighted by Gasteiger charge is 2.30. The third-order valence-electron chi connectivity index (χ3n) is 2.37. The number of rotatable bonds is 1. The third kappa shape index (κ3) is 3.39. The molecule has 1 aliphatic heterocycles. The topological polar surface area (TPSA) is 34.1 Å². The molecular weight excluding hydrogens is 245 g/mol. The lowest BCUT2D eigenvalue weighted by Crippen LogP contribution is -2.27. The maximum absolute atomic E-state index is 11.8. The van der Waals surface area contributed by atoms with Gasteiger partial charge in [0.25, 0.3) is 0 Å². The van der Waals surface area contributed by atoms with Crippen LogP contribution in [0.5, 0.6) is 0 Å². The summed E-state index contributed by atoms with van der Waals surface area (Å²) in [6.07, 6.45) is 0. The van der Waals surface area contributed by atoms with E-state index in [-0.39, 0.29) is 29.4 Å². The second-order valence-corrected chi connectivity index (χ2v) is 4.40. The van der Waals surface area contributed by atoms with Crippen LogP contribution in [0, 0.1) is 5.92 Å². The minimum absolute atomic E-state index is 0. The number of carbonyl (C=O) groups excluding carboxylic acids is 2. The molecule has 0 saturated heterocycles. The minimum atomic E-state index is -0.435. The van der Waals surface area contributed by atoms with Gasteiger partial charge in [0, 0.05) is 16.2 Å². The predicted octanol–water partition coefficient (Wildman–Crippen LogP) is 1.30. The van der Waals surface area contributed by atoms with E-state index in [2.05, 4.69) is 0 Å². The van der Waals surface area contributed by atoms with Crippen molar-refractivity contribution < 1.29 is 19.0 Å². The quantitative estimate of drug-likeness (QED) is 0.564. The van der Waals surface area contributed by atoms with Crippen molar-refractivity contribution in [2.24, 2.45) is 5.92 Å². The highest BCUT2D eigenvalue weighted by molar-refractivity contribution is 7.99. The van der Waals surface area contributed by atoms with E-state index in [1.807, 2.05) is 18.2 Å². The number of thioether (sulfide) groups is 1. The Balaban J connectivity index is 0. The van der Waals surface area contributed by atoms with E-state index in [0.29, 0.717) is 11.3 Å². The van der Waals surface area contributed by atoms with Crippen LogP contribution in [0.4, 0.5) is 9.41 Å². The highest BCUT2D eigenvalue weighted by Crippen LogP contribution is 2.32. The molecule has 2 rings (SSSR count).